The van der Waals surface area contributed by atoms with E-state index in [0.717, 1.165) is 26.0 Å². The summed E-state index contributed by atoms with van der Waals surface area (Å²) in [6.07, 6.45) is 0. The van der Waals surface area contributed by atoms with Crippen molar-refractivity contribution >= 4 is 28.6 Å². The van der Waals surface area contributed by atoms with Crippen molar-refractivity contribution in [3.05, 3.63) is 58.0 Å². The third kappa shape index (κ3) is 4.33. The third-order valence-electron chi connectivity index (χ3n) is 4.83. The highest BCUT2D eigenvalue weighted by atomic mass is 32.1. The molecule has 0 fully saturated rings. The predicted molar refractivity (Wildman–Crippen MR) is 123 cm³/mol. The highest BCUT2D eigenvalue weighted by Gasteiger charge is 2.18. The van der Waals surface area contributed by atoms with E-state index < -0.39 is 0 Å². The van der Waals surface area contributed by atoms with E-state index in [1.54, 1.807) is 54.7 Å². The Bertz CT molecular complexity index is 1210. The van der Waals surface area contributed by atoms with E-state index in [1.165, 1.54) is 0 Å². The van der Waals surface area contributed by atoms with Crippen LogP contribution in [0, 0.1) is 6.92 Å². The molecular weight excluding hydrogens is 432 g/mol. The molecule has 31 heavy (non-hydrogen) atoms. The smallest absolute Gasteiger partial charge is 0.269 e. The molecule has 0 unspecified atom stereocenters. The molecule has 0 aliphatic rings. The Hall–Kier alpha value is -3.17. The van der Waals surface area contributed by atoms with Crippen LogP contribution in [0.2, 0.25) is 0 Å². The Morgan fingerprint density at radius 3 is 2.74 bits per heavy atom. The molecule has 1 aromatic carbocycles. The summed E-state index contributed by atoms with van der Waals surface area (Å²) < 4.78 is 12.3. The van der Waals surface area contributed by atoms with E-state index >= 15 is 0 Å². The maximum Gasteiger partial charge on any atom is 0.269 e. The lowest BCUT2D eigenvalue weighted by molar-refractivity contribution is 0.0942. The molecule has 3 heterocycles. The molecule has 0 spiro atoms. The number of rotatable bonds is 7. The van der Waals surface area contributed by atoms with Crippen LogP contribution in [0.15, 0.2) is 41.8 Å². The van der Waals surface area contributed by atoms with Gasteiger partial charge in [-0.15, -0.1) is 22.7 Å². The summed E-state index contributed by atoms with van der Waals surface area (Å²) >= 11 is 3.26. The van der Waals surface area contributed by atoms with Gasteiger partial charge in [0.25, 0.3) is 5.91 Å². The van der Waals surface area contributed by atoms with Gasteiger partial charge in [-0.05, 0) is 42.6 Å². The van der Waals surface area contributed by atoms with Gasteiger partial charge >= 0.3 is 0 Å². The van der Waals surface area contributed by atoms with Crippen LogP contribution >= 0.6 is 22.7 Å². The van der Waals surface area contributed by atoms with Crippen LogP contribution in [0.4, 0.5) is 0 Å². The summed E-state index contributed by atoms with van der Waals surface area (Å²) in [6, 6.07) is 11.3. The van der Waals surface area contributed by atoms with Crippen molar-refractivity contribution in [1.82, 2.24) is 20.1 Å². The molecule has 160 valence electrons. The van der Waals surface area contributed by atoms with Gasteiger partial charge in [-0.2, -0.15) is 5.10 Å². The third-order valence-corrected chi connectivity index (χ3v) is 7.03. The molecule has 4 rings (SSSR count). The molecule has 0 atom stereocenters. The molecule has 0 aliphatic carbocycles. The molecule has 9 heteroatoms. The maximum absolute atomic E-state index is 12.9. The van der Waals surface area contributed by atoms with Crippen molar-refractivity contribution in [2.75, 3.05) is 14.2 Å². The number of thiophene rings is 1. The largest absolute Gasteiger partial charge is 0.497 e. The van der Waals surface area contributed by atoms with Crippen LogP contribution in [-0.2, 0) is 13.6 Å². The van der Waals surface area contributed by atoms with Gasteiger partial charge in [-0.25, -0.2) is 4.98 Å². The quantitative estimate of drug-likeness (QED) is 0.444. The number of hydrogen-bond donors (Lipinski definition) is 1. The number of nitrogens with zero attached hydrogens (tertiary/aromatic N) is 3. The van der Waals surface area contributed by atoms with E-state index in [0.29, 0.717) is 29.4 Å². The number of aromatic nitrogens is 3. The molecule has 0 saturated carbocycles. The Morgan fingerprint density at radius 1 is 1.19 bits per heavy atom. The number of ether oxygens (including phenoxy) is 2. The van der Waals surface area contributed by atoms with E-state index in [1.807, 2.05) is 36.6 Å². The van der Waals surface area contributed by atoms with Gasteiger partial charge in [-0.1, -0.05) is 6.07 Å². The molecule has 1 N–H and O–H groups in total. The van der Waals surface area contributed by atoms with Gasteiger partial charge in [0.15, 0.2) is 0 Å². The van der Waals surface area contributed by atoms with Crippen molar-refractivity contribution < 1.29 is 14.3 Å². The number of aryl methyl sites for hydroxylation is 2. The summed E-state index contributed by atoms with van der Waals surface area (Å²) in [5.74, 6) is 1.15. The van der Waals surface area contributed by atoms with Gasteiger partial charge < -0.3 is 14.8 Å². The molecule has 7 nitrogen and oxygen atoms in total. The van der Waals surface area contributed by atoms with Gasteiger partial charge in [0, 0.05) is 17.5 Å². The standard InChI is InChI=1S/C22H22N4O3S2/c1-13-20(31-22(24-13)19-6-5-9-30-19)12-23-21(27)17-11-16(25-26(17)2)15-10-14(28-3)7-8-18(15)29-4/h5-11H,12H2,1-4H3,(H,23,27). The second-order valence-electron chi connectivity index (χ2n) is 6.79. The highest BCUT2D eigenvalue weighted by molar-refractivity contribution is 7.21. The highest BCUT2D eigenvalue weighted by Crippen LogP contribution is 2.33. The number of carbonyl (C=O) groups excluding carboxylic acids is 1. The lowest BCUT2D eigenvalue weighted by Crippen LogP contribution is -2.25. The number of thiazole rings is 1. The second kappa shape index (κ2) is 8.91. The number of benzene rings is 1. The zero-order valence-electron chi connectivity index (χ0n) is 17.6. The molecular formula is C22H22N4O3S2. The predicted octanol–water partition coefficient (Wildman–Crippen LogP) is 4.53. The number of amides is 1. The fourth-order valence-corrected chi connectivity index (χ4v) is 4.97. The average molecular weight is 455 g/mol. The van der Waals surface area contributed by atoms with E-state index in [4.69, 9.17) is 9.47 Å². The number of hydrogen-bond acceptors (Lipinski definition) is 7. The van der Waals surface area contributed by atoms with Gasteiger partial charge in [0.2, 0.25) is 0 Å². The zero-order valence-corrected chi connectivity index (χ0v) is 19.3. The number of nitrogens with one attached hydrogen (secondary N) is 1. The van der Waals surface area contributed by atoms with Crippen molar-refractivity contribution in [3.8, 4) is 32.6 Å². The van der Waals surface area contributed by atoms with Crippen LogP contribution in [0.3, 0.4) is 0 Å². The fourth-order valence-electron chi connectivity index (χ4n) is 3.17. The lowest BCUT2D eigenvalue weighted by atomic mass is 10.1. The van der Waals surface area contributed by atoms with Crippen molar-refractivity contribution in [2.24, 2.45) is 7.05 Å². The summed E-state index contributed by atoms with van der Waals surface area (Å²) in [5.41, 5.74) is 2.79. The molecule has 0 saturated heterocycles. The molecule has 3 aromatic heterocycles. The van der Waals surface area contributed by atoms with Crippen molar-refractivity contribution in [1.29, 1.82) is 0 Å². The fraction of sp³-hybridized carbons (Fsp3) is 0.227. The first-order valence-corrected chi connectivity index (χ1v) is 11.2. The molecule has 0 bridgehead atoms. The summed E-state index contributed by atoms with van der Waals surface area (Å²) in [4.78, 5) is 19.7. The second-order valence-corrected chi connectivity index (χ2v) is 8.82. The van der Waals surface area contributed by atoms with Gasteiger partial charge in [0.05, 0.1) is 37.0 Å². The average Bonchev–Trinajstić information content (AvgIpc) is 3.51. The van der Waals surface area contributed by atoms with Gasteiger partial charge in [0.1, 0.15) is 22.2 Å². The van der Waals surface area contributed by atoms with Crippen molar-refractivity contribution in [3.63, 3.8) is 0 Å². The van der Waals surface area contributed by atoms with Gasteiger partial charge in [-0.3, -0.25) is 9.48 Å². The Kier molecular flexibility index (Phi) is 6.06. The van der Waals surface area contributed by atoms with Crippen LogP contribution in [0.25, 0.3) is 21.1 Å². The minimum atomic E-state index is -0.200. The first-order chi connectivity index (χ1) is 15.0. The van der Waals surface area contributed by atoms with Crippen LogP contribution < -0.4 is 14.8 Å². The Labute approximate surface area is 188 Å². The Morgan fingerprint density at radius 2 is 2.03 bits per heavy atom. The summed E-state index contributed by atoms with van der Waals surface area (Å²) in [6.45, 7) is 2.38. The first kappa shape index (κ1) is 21.1. The normalized spacial score (nSPS) is 10.8. The Balaban J connectivity index is 1.53. The van der Waals surface area contributed by atoms with Crippen LogP contribution in [0.1, 0.15) is 21.1 Å². The molecule has 1 amide bonds. The zero-order chi connectivity index (χ0) is 22.0. The number of methoxy groups -OCH3 is 2. The van der Waals surface area contributed by atoms with Crippen LogP contribution in [0.5, 0.6) is 11.5 Å². The number of carbonyl (C=O) groups is 1. The minimum Gasteiger partial charge on any atom is -0.497 e. The van der Waals surface area contributed by atoms with E-state index in [2.05, 4.69) is 21.5 Å². The SMILES string of the molecule is COc1ccc(OC)c(-c2cc(C(=O)NCc3sc(-c4cccs4)nc3C)n(C)n2)c1. The molecule has 0 aliphatic heterocycles. The van der Waals surface area contributed by atoms with E-state index in [9.17, 15) is 4.79 Å². The minimum absolute atomic E-state index is 0.200. The molecule has 0 radical (unpaired) electrons. The topological polar surface area (TPSA) is 78.3 Å². The summed E-state index contributed by atoms with van der Waals surface area (Å²) in [5, 5.41) is 10.5. The van der Waals surface area contributed by atoms with E-state index in [-0.39, 0.29) is 5.91 Å². The molecule has 4 aromatic rings. The maximum atomic E-state index is 12.9. The lowest BCUT2D eigenvalue weighted by Gasteiger charge is -2.08. The summed E-state index contributed by atoms with van der Waals surface area (Å²) in [7, 11) is 4.95. The van der Waals surface area contributed by atoms with Crippen molar-refractivity contribution in [2.45, 2.75) is 13.5 Å². The van der Waals surface area contributed by atoms with Crippen LogP contribution in [-0.4, -0.2) is 34.9 Å². The first-order valence-electron chi connectivity index (χ1n) is 9.55. The monoisotopic (exact) mass is 454 g/mol.